The van der Waals surface area contributed by atoms with Gasteiger partial charge >= 0.3 is 0 Å². The zero-order valence-corrected chi connectivity index (χ0v) is 16.4. The molecule has 0 spiro atoms. The number of benzene rings is 2. The van der Waals surface area contributed by atoms with Crippen molar-refractivity contribution in [2.75, 3.05) is 43.1 Å². The highest BCUT2D eigenvalue weighted by Crippen LogP contribution is 2.28. The Morgan fingerprint density at radius 3 is 2.29 bits per heavy atom. The van der Waals surface area contributed by atoms with Gasteiger partial charge in [0.05, 0.1) is 18.8 Å². The summed E-state index contributed by atoms with van der Waals surface area (Å²) in [5.74, 6) is 1.92. The monoisotopic (exact) mass is 400 g/mol. The van der Waals surface area contributed by atoms with Crippen LogP contribution in [-0.4, -0.2) is 42.0 Å². The fraction of sp³-hybridized carbons (Fsp3) is 0.300. The van der Waals surface area contributed by atoms with Gasteiger partial charge in [-0.05, 0) is 42.0 Å². The number of methoxy groups -OCH3 is 1. The SMILES string of the molecule is COc1ccc(N2CCN(c3nsnc3OCc3ccc(F)cc3)CC2)cc1. The zero-order chi connectivity index (χ0) is 19.3. The Morgan fingerprint density at radius 2 is 1.61 bits per heavy atom. The van der Waals surface area contributed by atoms with Crippen LogP contribution in [-0.2, 0) is 6.61 Å². The van der Waals surface area contributed by atoms with E-state index in [0.29, 0.717) is 12.5 Å². The quantitative estimate of drug-likeness (QED) is 0.630. The highest BCUT2D eigenvalue weighted by Gasteiger charge is 2.23. The number of nitrogens with zero attached hydrogens (tertiary/aromatic N) is 4. The van der Waals surface area contributed by atoms with Crippen molar-refractivity contribution in [3.05, 3.63) is 59.9 Å². The van der Waals surface area contributed by atoms with Gasteiger partial charge in [-0.1, -0.05) is 12.1 Å². The lowest BCUT2D eigenvalue weighted by Gasteiger charge is -2.36. The first kappa shape index (κ1) is 18.5. The molecular formula is C20H21FN4O2S. The zero-order valence-electron chi connectivity index (χ0n) is 15.5. The number of rotatable bonds is 6. The number of hydrogen-bond donors (Lipinski definition) is 0. The fourth-order valence-corrected chi connectivity index (χ4v) is 3.68. The van der Waals surface area contributed by atoms with Crippen molar-refractivity contribution >= 4 is 23.2 Å². The molecule has 1 aliphatic rings. The van der Waals surface area contributed by atoms with Gasteiger partial charge in [-0.3, -0.25) is 0 Å². The molecule has 4 rings (SSSR count). The van der Waals surface area contributed by atoms with Crippen molar-refractivity contribution in [3.8, 4) is 11.6 Å². The average molecular weight is 400 g/mol. The number of piperazine rings is 1. The Labute approximate surface area is 167 Å². The number of halogens is 1. The van der Waals surface area contributed by atoms with E-state index in [9.17, 15) is 4.39 Å². The van der Waals surface area contributed by atoms with Crippen LogP contribution in [0.2, 0.25) is 0 Å². The van der Waals surface area contributed by atoms with E-state index >= 15 is 0 Å². The summed E-state index contributed by atoms with van der Waals surface area (Å²) in [5, 5.41) is 0. The second-order valence-electron chi connectivity index (χ2n) is 6.48. The van der Waals surface area contributed by atoms with Crippen LogP contribution in [0.15, 0.2) is 48.5 Å². The van der Waals surface area contributed by atoms with Crippen LogP contribution in [0.1, 0.15) is 5.56 Å². The molecule has 1 aromatic heterocycles. The molecule has 0 amide bonds. The average Bonchev–Trinajstić information content (AvgIpc) is 3.22. The third-order valence-electron chi connectivity index (χ3n) is 4.75. The molecular weight excluding hydrogens is 379 g/mol. The van der Waals surface area contributed by atoms with E-state index in [1.165, 1.54) is 17.8 Å². The number of aromatic nitrogens is 2. The molecule has 2 aromatic carbocycles. The van der Waals surface area contributed by atoms with Crippen molar-refractivity contribution in [2.24, 2.45) is 0 Å². The smallest absolute Gasteiger partial charge is 0.271 e. The maximum atomic E-state index is 13.0. The highest BCUT2D eigenvalue weighted by atomic mass is 32.1. The summed E-state index contributed by atoms with van der Waals surface area (Å²) in [6.45, 7) is 3.79. The van der Waals surface area contributed by atoms with E-state index in [2.05, 4.69) is 30.7 Å². The molecule has 0 radical (unpaired) electrons. The highest BCUT2D eigenvalue weighted by molar-refractivity contribution is 6.99. The minimum atomic E-state index is -0.255. The summed E-state index contributed by atoms with van der Waals surface area (Å²) in [4.78, 5) is 4.54. The van der Waals surface area contributed by atoms with Gasteiger partial charge in [-0.2, -0.15) is 4.37 Å². The van der Waals surface area contributed by atoms with E-state index in [1.54, 1.807) is 19.2 Å². The van der Waals surface area contributed by atoms with Crippen molar-refractivity contribution in [1.29, 1.82) is 0 Å². The van der Waals surface area contributed by atoms with Crippen molar-refractivity contribution < 1.29 is 13.9 Å². The molecule has 0 unspecified atom stereocenters. The summed E-state index contributed by atoms with van der Waals surface area (Å²) in [6.07, 6.45) is 0. The van der Waals surface area contributed by atoms with Crippen molar-refractivity contribution in [2.45, 2.75) is 6.61 Å². The Kier molecular flexibility index (Phi) is 5.57. The topological polar surface area (TPSA) is 50.7 Å². The Morgan fingerprint density at radius 1 is 0.929 bits per heavy atom. The molecule has 28 heavy (non-hydrogen) atoms. The maximum Gasteiger partial charge on any atom is 0.271 e. The van der Waals surface area contributed by atoms with Gasteiger partial charge < -0.3 is 19.3 Å². The van der Waals surface area contributed by atoms with Crippen molar-refractivity contribution in [1.82, 2.24) is 8.75 Å². The lowest BCUT2D eigenvalue weighted by molar-refractivity contribution is 0.296. The van der Waals surface area contributed by atoms with Crippen LogP contribution in [0, 0.1) is 5.82 Å². The molecule has 0 saturated carbocycles. The molecule has 1 aliphatic heterocycles. The maximum absolute atomic E-state index is 13.0. The van der Waals surface area contributed by atoms with E-state index in [1.807, 2.05) is 12.1 Å². The fourth-order valence-electron chi connectivity index (χ4n) is 3.16. The summed E-state index contributed by atoms with van der Waals surface area (Å²) in [6, 6.07) is 14.4. The normalized spacial score (nSPS) is 14.2. The largest absolute Gasteiger partial charge is 0.497 e. The Hall–Kier alpha value is -2.87. The molecule has 1 fully saturated rings. The van der Waals surface area contributed by atoms with Gasteiger partial charge in [0.25, 0.3) is 5.88 Å². The predicted octanol–water partition coefficient (Wildman–Crippen LogP) is 3.59. The minimum Gasteiger partial charge on any atom is -0.497 e. The standard InChI is InChI=1S/C20H21FN4O2S/c1-26-18-8-6-17(7-9-18)24-10-12-25(13-11-24)19-20(23-28-22-19)27-14-15-2-4-16(21)5-3-15/h2-9H,10-14H2,1H3. The van der Waals surface area contributed by atoms with Crippen LogP contribution in [0.25, 0.3) is 0 Å². The van der Waals surface area contributed by atoms with Crippen LogP contribution >= 0.6 is 11.7 Å². The lowest BCUT2D eigenvalue weighted by atomic mass is 10.2. The third-order valence-corrected chi connectivity index (χ3v) is 5.25. The van der Waals surface area contributed by atoms with Crippen molar-refractivity contribution in [3.63, 3.8) is 0 Å². The van der Waals surface area contributed by atoms with Crippen LogP contribution in [0.5, 0.6) is 11.6 Å². The molecule has 3 aromatic rings. The summed E-state index contributed by atoms with van der Waals surface area (Å²) in [5.41, 5.74) is 2.08. The second-order valence-corrected chi connectivity index (χ2v) is 7.01. The van der Waals surface area contributed by atoms with E-state index < -0.39 is 0 Å². The minimum absolute atomic E-state index is 0.255. The molecule has 0 bridgehead atoms. The summed E-state index contributed by atoms with van der Waals surface area (Å²) < 4.78 is 32.8. The summed E-state index contributed by atoms with van der Waals surface area (Å²) >= 11 is 1.14. The van der Waals surface area contributed by atoms with Gasteiger partial charge in [0.2, 0.25) is 5.82 Å². The lowest BCUT2D eigenvalue weighted by Crippen LogP contribution is -2.46. The molecule has 146 valence electrons. The number of anilines is 2. The summed E-state index contributed by atoms with van der Waals surface area (Å²) in [7, 11) is 1.67. The van der Waals surface area contributed by atoms with Gasteiger partial charge in [0.15, 0.2) is 0 Å². The molecule has 0 N–H and O–H groups in total. The Bertz CT molecular complexity index is 893. The van der Waals surface area contributed by atoms with Gasteiger partial charge in [0.1, 0.15) is 18.2 Å². The molecule has 1 saturated heterocycles. The van der Waals surface area contributed by atoms with E-state index in [4.69, 9.17) is 9.47 Å². The van der Waals surface area contributed by atoms with E-state index in [-0.39, 0.29) is 5.82 Å². The molecule has 6 nitrogen and oxygen atoms in total. The van der Waals surface area contributed by atoms with Crippen LogP contribution in [0.4, 0.5) is 15.9 Å². The molecule has 8 heteroatoms. The van der Waals surface area contributed by atoms with Gasteiger partial charge in [-0.15, -0.1) is 4.37 Å². The second kappa shape index (κ2) is 8.43. The first-order chi connectivity index (χ1) is 13.7. The van der Waals surface area contributed by atoms with Gasteiger partial charge in [-0.25, -0.2) is 4.39 Å². The molecule has 2 heterocycles. The van der Waals surface area contributed by atoms with E-state index in [0.717, 1.165) is 55.0 Å². The number of ether oxygens (including phenoxy) is 2. The first-order valence-electron chi connectivity index (χ1n) is 9.06. The number of hydrogen-bond acceptors (Lipinski definition) is 7. The predicted molar refractivity (Wildman–Crippen MR) is 108 cm³/mol. The first-order valence-corrected chi connectivity index (χ1v) is 9.80. The molecule has 0 atom stereocenters. The molecule has 0 aliphatic carbocycles. The Balaban J connectivity index is 1.35. The van der Waals surface area contributed by atoms with Gasteiger partial charge in [0, 0.05) is 31.9 Å². The van der Waals surface area contributed by atoms with Crippen LogP contribution in [0.3, 0.4) is 0 Å². The third kappa shape index (κ3) is 4.17. The van der Waals surface area contributed by atoms with Crippen LogP contribution < -0.4 is 19.3 Å².